The number of nitrogens with one attached hydrogen (secondary N) is 1. The lowest BCUT2D eigenvalue weighted by atomic mass is 10.1. The van der Waals surface area contributed by atoms with E-state index in [0.717, 1.165) is 0 Å². The first-order valence-electron chi connectivity index (χ1n) is 6.05. The van der Waals surface area contributed by atoms with Gasteiger partial charge >= 0.3 is 6.03 Å². The highest BCUT2D eigenvalue weighted by Gasteiger charge is 2.11. The van der Waals surface area contributed by atoms with Crippen molar-refractivity contribution in [1.82, 2.24) is 10.2 Å². The Bertz CT molecular complexity index is 539. The zero-order valence-corrected chi connectivity index (χ0v) is 11.1. The molecule has 0 aromatic heterocycles. The first-order valence-corrected chi connectivity index (χ1v) is 6.05. The smallest absolute Gasteiger partial charge is 0.318 e. The fraction of sp³-hybridized carbons (Fsp3) is 0.200. The molecule has 0 bridgehead atoms. The van der Waals surface area contributed by atoms with E-state index in [4.69, 9.17) is 5.26 Å². The van der Waals surface area contributed by atoms with E-state index in [9.17, 15) is 9.18 Å². The van der Waals surface area contributed by atoms with Gasteiger partial charge in [-0.3, -0.25) is 0 Å². The lowest BCUT2D eigenvalue weighted by molar-refractivity contribution is 0.207. The second kappa shape index (κ2) is 7.74. The summed E-state index contributed by atoms with van der Waals surface area (Å²) < 4.78 is 13.5. The average Bonchev–Trinajstić information content (AvgIpc) is 2.46. The van der Waals surface area contributed by atoms with Crippen LogP contribution in [0.25, 0.3) is 0 Å². The van der Waals surface area contributed by atoms with E-state index in [1.807, 2.05) is 6.07 Å². The normalized spacial score (nSPS) is 9.40. The Hall–Kier alpha value is -2.61. The summed E-state index contributed by atoms with van der Waals surface area (Å²) in [5.74, 6) is -0.455. The number of urea groups is 1. The van der Waals surface area contributed by atoms with Gasteiger partial charge in [0, 0.05) is 25.2 Å². The van der Waals surface area contributed by atoms with Gasteiger partial charge in [0.2, 0.25) is 0 Å². The Morgan fingerprint density at radius 3 is 2.60 bits per heavy atom. The molecule has 4 nitrogen and oxygen atoms in total. The largest absolute Gasteiger partial charge is 0.334 e. The average molecular weight is 273 g/mol. The number of carbonyl (C=O) groups is 1. The van der Waals surface area contributed by atoms with E-state index >= 15 is 0 Å². The van der Waals surface area contributed by atoms with Crippen LogP contribution in [0.4, 0.5) is 9.18 Å². The molecule has 104 valence electrons. The zero-order chi connectivity index (χ0) is 15.0. The number of halogens is 1. The lowest BCUT2D eigenvalue weighted by Crippen LogP contribution is -2.39. The number of hydrogen-bond acceptors (Lipinski definition) is 2. The van der Waals surface area contributed by atoms with Gasteiger partial charge in [-0.15, -0.1) is 13.2 Å². The number of benzene rings is 1. The molecule has 0 unspecified atom stereocenters. The molecule has 0 spiro atoms. The molecular formula is C15H16FN3O. The van der Waals surface area contributed by atoms with Gasteiger partial charge in [0.05, 0.1) is 11.6 Å². The van der Waals surface area contributed by atoms with Gasteiger partial charge in [-0.2, -0.15) is 5.26 Å². The van der Waals surface area contributed by atoms with E-state index in [-0.39, 0.29) is 18.1 Å². The second-order valence-electron chi connectivity index (χ2n) is 4.06. The Balaban J connectivity index is 2.70. The van der Waals surface area contributed by atoms with Crippen LogP contribution in [0.15, 0.2) is 43.5 Å². The summed E-state index contributed by atoms with van der Waals surface area (Å²) in [5, 5.41) is 11.4. The molecule has 0 aliphatic rings. The number of nitrogens with zero attached hydrogens (tertiary/aromatic N) is 2. The van der Waals surface area contributed by atoms with Gasteiger partial charge in [0.25, 0.3) is 0 Å². The van der Waals surface area contributed by atoms with Crippen molar-refractivity contribution in [3.05, 3.63) is 60.5 Å². The molecule has 0 saturated heterocycles. The molecule has 0 atom stereocenters. The molecule has 5 heteroatoms. The summed E-state index contributed by atoms with van der Waals surface area (Å²) in [4.78, 5) is 13.4. The molecule has 0 aliphatic carbocycles. The Morgan fingerprint density at radius 1 is 1.40 bits per heavy atom. The summed E-state index contributed by atoms with van der Waals surface area (Å²) in [6.45, 7) is 7.90. The third-order valence-corrected chi connectivity index (χ3v) is 2.59. The molecular weight excluding hydrogens is 257 g/mol. The summed E-state index contributed by atoms with van der Waals surface area (Å²) in [6, 6.07) is 5.61. The van der Waals surface area contributed by atoms with E-state index in [2.05, 4.69) is 18.5 Å². The summed E-state index contributed by atoms with van der Waals surface area (Å²) in [6.07, 6.45) is 3.19. The van der Waals surface area contributed by atoms with Crippen LogP contribution in [0.5, 0.6) is 0 Å². The van der Waals surface area contributed by atoms with Crippen molar-refractivity contribution in [2.75, 3.05) is 13.1 Å². The van der Waals surface area contributed by atoms with Crippen molar-refractivity contribution < 1.29 is 9.18 Å². The molecule has 1 aromatic carbocycles. The fourth-order valence-corrected chi connectivity index (χ4v) is 1.61. The first-order chi connectivity index (χ1) is 9.62. The van der Waals surface area contributed by atoms with Crippen LogP contribution in [0.2, 0.25) is 0 Å². The number of rotatable bonds is 6. The molecule has 1 aromatic rings. The molecule has 0 heterocycles. The Labute approximate surface area is 117 Å². The van der Waals surface area contributed by atoms with E-state index in [1.165, 1.54) is 23.1 Å². The standard InChI is InChI=1S/C15H16FN3O/c1-3-7-19(8-4-2)15(20)18-11-13-9-12(10-17)5-6-14(13)16/h3-6,9H,1-2,7-8,11H2,(H,18,20). The van der Waals surface area contributed by atoms with Crippen LogP contribution in [-0.4, -0.2) is 24.0 Å². The molecule has 1 N–H and O–H groups in total. The van der Waals surface area contributed by atoms with Gasteiger partial charge in [-0.05, 0) is 18.2 Å². The zero-order valence-electron chi connectivity index (χ0n) is 11.1. The number of nitriles is 1. The minimum Gasteiger partial charge on any atom is -0.334 e. The van der Waals surface area contributed by atoms with Crippen LogP contribution in [-0.2, 0) is 6.54 Å². The third-order valence-electron chi connectivity index (χ3n) is 2.59. The predicted molar refractivity (Wildman–Crippen MR) is 75.3 cm³/mol. The molecule has 0 saturated carbocycles. The van der Waals surface area contributed by atoms with E-state index in [0.29, 0.717) is 18.7 Å². The minimum atomic E-state index is -0.455. The number of amides is 2. The van der Waals surface area contributed by atoms with Crippen LogP contribution in [0.1, 0.15) is 11.1 Å². The van der Waals surface area contributed by atoms with Crippen molar-refractivity contribution in [2.24, 2.45) is 0 Å². The first kappa shape index (κ1) is 15.4. The van der Waals surface area contributed by atoms with Crippen molar-refractivity contribution >= 4 is 6.03 Å². The highest BCUT2D eigenvalue weighted by atomic mass is 19.1. The topological polar surface area (TPSA) is 56.1 Å². The van der Waals surface area contributed by atoms with Crippen molar-refractivity contribution in [3.63, 3.8) is 0 Å². The van der Waals surface area contributed by atoms with Gasteiger partial charge in [-0.25, -0.2) is 9.18 Å². The Kier molecular flexibility index (Phi) is 5.98. The maximum absolute atomic E-state index is 13.5. The molecule has 20 heavy (non-hydrogen) atoms. The molecule has 0 aliphatic heterocycles. The van der Waals surface area contributed by atoms with Gasteiger partial charge in [0.1, 0.15) is 5.82 Å². The summed E-state index contributed by atoms with van der Waals surface area (Å²) in [5.41, 5.74) is 0.624. The van der Waals surface area contributed by atoms with Gasteiger partial charge in [0.15, 0.2) is 0 Å². The predicted octanol–water partition coefficient (Wildman–Crippen LogP) is 2.58. The quantitative estimate of drug-likeness (QED) is 0.810. The fourth-order valence-electron chi connectivity index (χ4n) is 1.61. The monoisotopic (exact) mass is 273 g/mol. The van der Waals surface area contributed by atoms with Crippen molar-refractivity contribution in [2.45, 2.75) is 6.54 Å². The van der Waals surface area contributed by atoms with Crippen LogP contribution < -0.4 is 5.32 Å². The number of hydrogen-bond donors (Lipinski definition) is 1. The summed E-state index contributed by atoms with van der Waals surface area (Å²) in [7, 11) is 0. The Morgan fingerprint density at radius 2 is 2.05 bits per heavy atom. The van der Waals surface area contributed by atoms with Crippen LogP contribution in [0, 0.1) is 17.1 Å². The number of carbonyl (C=O) groups excluding carboxylic acids is 1. The second-order valence-corrected chi connectivity index (χ2v) is 4.06. The van der Waals surface area contributed by atoms with Gasteiger partial charge in [-0.1, -0.05) is 12.2 Å². The third kappa shape index (κ3) is 4.25. The highest BCUT2D eigenvalue weighted by molar-refractivity contribution is 5.74. The van der Waals surface area contributed by atoms with E-state index < -0.39 is 5.82 Å². The maximum Gasteiger partial charge on any atom is 0.318 e. The SMILES string of the molecule is C=CCN(CC=C)C(=O)NCc1cc(C#N)ccc1F. The molecule has 1 rings (SSSR count). The van der Waals surface area contributed by atoms with Crippen molar-refractivity contribution in [3.8, 4) is 6.07 Å². The summed E-state index contributed by atoms with van der Waals surface area (Å²) >= 11 is 0. The van der Waals surface area contributed by atoms with Gasteiger partial charge < -0.3 is 10.2 Å². The van der Waals surface area contributed by atoms with E-state index in [1.54, 1.807) is 12.2 Å². The van der Waals surface area contributed by atoms with Crippen LogP contribution in [0.3, 0.4) is 0 Å². The molecule has 0 fully saturated rings. The molecule has 0 radical (unpaired) electrons. The van der Waals surface area contributed by atoms with Crippen molar-refractivity contribution in [1.29, 1.82) is 5.26 Å². The van der Waals surface area contributed by atoms with Crippen LogP contribution >= 0.6 is 0 Å². The molecule has 2 amide bonds. The highest BCUT2D eigenvalue weighted by Crippen LogP contribution is 2.10. The minimum absolute atomic E-state index is 0.0188. The lowest BCUT2D eigenvalue weighted by Gasteiger charge is -2.20. The maximum atomic E-state index is 13.5.